The van der Waals surface area contributed by atoms with Crippen LogP contribution in [-0.2, 0) is 65.5 Å². The quantitative estimate of drug-likeness (QED) is 0.0206. The number of carboxylic acids is 3. The number of carbonyl (C=O) groups is 10. The highest BCUT2D eigenvalue weighted by Crippen LogP contribution is 2.18. The molecule has 8 N–H and O–H groups in total. The van der Waals surface area contributed by atoms with E-state index in [4.69, 9.17) is 22.1 Å². The molecule has 414 valence electrons. The number of unbranched alkanes of at least 4 members (excludes halogenated alkanes) is 5. The molecule has 2 aromatic rings. The fourth-order valence-corrected chi connectivity index (χ4v) is 8.92. The van der Waals surface area contributed by atoms with Gasteiger partial charge in [0.1, 0.15) is 30.0 Å². The molecule has 0 fully saturated rings. The topological polar surface area (TPSA) is 307 Å². The number of nitrogens with zero attached hydrogens (tertiary/aromatic N) is 2. The summed E-state index contributed by atoms with van der Waals surface area (Å²) in [6.07, 6.45) is 4.85. The Morgan fingerprint density at radius 3 is 1.83 bits per heavy atom. The van der Waals surface area contributed by atoms with Gasteiger partial charge >= 0.3 is 17.9 Å². The average molecular weight is 1090 g/mol. The van der Waals surface area contributed by atoms with E-state index in [2.05, 4.69) is 26.6 Å². The molecule has 0 unspecified atom stereocenters. The zero-order chi connectivity index (χ0) is 55.9. The van der Waals surface area contributed by atoms with Crippen LogP contribution in [-0.4, -0.2) is 166 Å². The Kier molecular flexibility index (Phi) is 30.8. The van der Waals surface area contributed by atoms with Gasteiger partial charge in [-0.25, -0.2) is 9.59 Å². The summed E-state index contributed by atoms with van der Waals surface area (Å²) >= 11 is 6.37. The first-order chi connectivity index (χ1) is 35.7. The van der Waals surface area contributed by atoms with E-state index in [1.807, 2.05) is 60.7 Å². The molecule has 0 heterocycles. The lowest BCUT2D eigenvalue weighted by Crippen LogP contribution is -2.57. The van der Waals surface area contributed by atoms with E-state index in [1.165, 1.54) is 44.7 Å². The minimum Gasteiger partial charge on any atom is -0.481 e. The number of ketones is 2. The number of rotatable bonds is 39. The summed E-state index contributed by atoms with van der Waals surface area (Å²) in [6, 6.07) is 13.1. The van der Waals surface area contributed by atoms with Gasteiger partial charge in [-0.05, 0) is 75.7 Å². The summed E-state index contributed by atoms with van der Waals surface area (Å²) in [5, 5.41) is 41.8. The van der Waals surface area contributed by atoms with Gasteiger partial charge in [0.25, 0.3) is 6.47 Å². The summed E-state index contributed by atoms with van der Waals surface area (Å²) in [7, 11) is 4.33. The summed E-state index contributed by atoms with van der Waals surface area (Å²) < 4.78 is 4.77. The molecule has 23 heteroatoms. The molecule has 0 saturated carbocycles. The Balaban J connectivity index is 1.98. The van der Waals surface area contributed by atoms with Crippen LogP contribution in [0.15, 0.2) is 60.7 Å². The van der Waals surface area contributed by atoms with Crippen LogP contribution < -0.4 is 26.6 Å². The molecule has 0 bridgehead atoms. The zero-order valence-corrected chi connectivity index (χ0v) is 45.1. The molecule has 2 rings (SSSR count). The molecule has 0 saturated heterocycles. The van der Waals surface area contributed by atoms with Gasteiger partial charge < -0.3 is 56.4 Å². The van der Waals surface area contributed by atoms with Gasteiger partial charge in [-0.1, -0.05) is 86.3 Å². The van der Waals surface area contributed by atoms with Crippen molar-refractivity contribution in [2.75, 3.05) is 39.7 Å². The Hall–Kier alpha value is -6.46. The maximum atomic E-state index is 14.2. The first kappa shape index (κ1) is 64.7. The molecule has 0 aliphatic heterocycles. The van der Waals surface area contributed by atoms with Gasteiger partial charge in [0.15, 0.2) is 17.1 Å². The van der Waals surface area contributed by atoms with Crippen molar-refractivity contribution in [1.82, 2.24) is 36.4 Å². The number of hydrogen-bond acceptors (Lipinski definition) is 14. The first-order valence-electron chi connectivity index (χ1n) is 24.9. The summed E-state index contributed by atoms with van der Waals surface area (Å²) in [4.78, 5) is 129. The third-order valence-electron chi connectivity index (χ3n) is 12.5. The number of benzene rings is 2. The highest BCUT2D eigenvalue weighted by atomic mass is 32.2. The van der Waals surface area contributed by atoms with Crippen LogP contribution in [0.25, 0.3) is 0 Å². The number of thioether (sulfide) groups is 1. The molecule has 0 spiro atoms. The lowest BCUT2D eigenvalue weighted by Gasteiger charge is -2.33. The van der Waals surface area contributed by atoms with Crippen LogP contribution in [0, 0.1) is 5.92 Å². The van der Waals surface area contributed by atoms with Crippen LogP contribution in [0.4, 0.5) is 0 Å². The van der Waals surface area contributed by atoms with Gasteiger partial charge in [-0.15, -0.1) is 0 Å². The molecule has 0 aliphatic rings. The second-order valence-corrected chi connectivity index (χ2v) is 19.5. The van der Waals surface area contributed by atoms with Gasteiger partial charge in [0.05, 0.1) is 12.5 Å². The van der Waals surface area contributed by atoms with Crippen molar-refractivity contribution < 1.29 is 68.0 Å². The largest absolute Gasteiger partial charge is 0.481 e. The molecule has 0 aromatic heterocycles. The second kappa shape index (κ2) is 35.7. The monoisotopic (exact) mass is 1090 g/mol. The van der Waals surface area contributed by atoms with Crippen molar-refractivity contribution >= 4 is 88.7 Å². The molecule has 4 amide bonds. The maximum Gasteiger partial charge on any atom is 0.327 e. The Bertz CT molecular complexity index is 2190. The number of carbonyl (C=O) groups excluding carboxylic acids is 7. The highest BCUT2D eigenvalue weighted by Gasteiger charge is 2.35. The van der Waals surface area contributed by atoms with E-state index < -0.39 is 78.0 Å². The second-order valence-electron chi connectivity index (χ2n) is 18.2. The minimum absolute atomic E-state index is 0.0241. The molecule has 0 aliphatic carbocycles. The van der Waals surface area contributed by atoms with Crippen molar-refractivity contribution in [1.29, 1.82) is 0 Å². The van der Waals surface area contributed by atoms with E-state index in [9.17, 15) is 58.2 Å². The highest BCUT2D eigenvalue weighted by molar-refractivity contribution is 7.98. The lowest BCUT2D eigenvalue weighted by molar-refractivity contribution is -0.151. The number of hydrogen-bond donors (Lipinski definition) is 8. The molecule has 0 radical (unpaired) electrons. The average Bonchev–Trinajstić information content (AvgIpc) is 3.38. The Morgan fingerprint density at radius 2 is 1.28 bits per heavy atom. The number of Topliss-reactive ketones (excluding diaryl/α,β-unsaturated/α-hetero) is 2. The molecule has 75 heavy (non-hydrogen) atoms. The summed E-state index contributed by atoms with van der Waals surface area (Å²) in [5.74, 6) is -6.66. The third kappa shape index (κ3) is 25.1. The van der Waals surface area contributed by atoms with Crippen LogP contribution in [0.5, 0.6) is 0 Å². The van der Waals surface area contributed by atoms with E-state index in [0.29, 0.717) is 19.3 Å². The number of ether oxygens (including phenoxy) is 1. The molecule has 7 atom stereocenters. The predicted molar refractivity (Wildman–Crippen MR) is 285 cm³/mol. The normalized spacial score (nSPS) is 13.7. The molecule has 2 aromatic carbocycles. The number of nitrogens with one attached hydrogen (secondary N) is 5. The van der Waals surface area contributed by atoms with Crippen LogP contribution in [0.1, 0.15) is 102 Å². The third-order valence-corrected chi connectivity index (χ3v) is 13.4. The number of amides is 4. The number of thiocarbonyl (C=S) groups is 1. The van der Waals surface area contributed by atoms with Crippen molar-refractivity contribution in [2.24, 2.45) is 5.92 Å². The van der Waals surface area contributed by atoms with E-state index >= 15 is 0 Å². The van der Waals surface area contributed by atoms with Crippen molar-refractivity contribution in [3.8, 4) is 0 Å². The fraction of sp³-hybridized carbons (Fsp3) is 0.558. The maximum absolute atomic E-state index is 14.2. The van der Waals surface area contributed by atoms with Crippen molar-refractivity contribution in [2.45, 2.75) is 140 Å². The standard InChI is InChI=1S/C52H75N7O14S2/c1-34(48(67)59(4)42(32-75-5)51(71)72)58(3)49(68)41(53-2)31-54-47(66)37(28-35-18-12-10-13-19-35)30-43(62)40(29-36-20-14-11-15-21-36)55-44(63)23-17-9-7-6-8-16-22-38(61)24-25-39(50(69)70)56-52(74)57-45(73-33-60)26-27-46(64)65/h10-15,18-21,33-34,37,39-42,45,53H,6-9,16-17,22-32H2,1-5H3,(H,54,66)(H,55,63)(H,64,65)(H,69,70)(H,71,72)(H2,56,57,74)/t34-,37+,39-,40-,41-,42-,45+/m0/s1. The Morgan fingerprint density at radius 1 is 0.693 bits per heavy atom. The predicted octanol–water partition coefficient (Wildman–Crippen LogP) is 3.11. The molecular formula is C52H75N7O14S2. The van der Waals surface area contributed by atoms with E-state index in [0.717, 1.165) is 35.3 Å². The van der Waals surface area contributed by atoms with Gasteiger partial charge in [-0.3, -0.25) is 38.4 Å². The summed E-state index contributed by atoms with van der Waals surface area (Å²) in [5.41, 5.74) is 1.60. The first-order valence-corrected chi connectivity index (χ1v) is 26.7. The Labute approximate surface area is 448 Å². The molecular weight excluding hydrogens is 1010 g/mol. The SMILES string of the molecule is CN[C@@H](CNC(=O)[C@@H](CC(=O)[C@H](Cc1ccccc1)NC(=O)CCCCCCCCC(=O)CC[C@H](NC(=S)N[C@@H](CCC(=O)O)OC=O)C(=O)O)Cc1ccccc1)C(=O)N(C)[C@@H](C)C(=O)N(C)[C@@H](CSC)C(=O)O. The van der Waals surface area contributed by atoms with Crippen molar-refractivity contribution in [3.63, 3.8) is 0 Å². The number of carboxylic acid groups (broad SMARTS) is 3. The van der Waals surface area contributed by atoms with Gasteiger partial charge in [0.2, 0.25) is 23.6 Å². The van der Waals surface area contributed by atoms with Crippen LogP contribution in [0.3, 0.4) is 0 Å². The lowest BCUT2D eigenvalue weighted by atomic mass is 9.89. The van der Waals surface area contributed by atoms with E-state index in [-0.39, 0.29) is 99.1 Å². The van der Waals surface area contributed by atoms with E-state index in [1.54, 1.807) is 6.26 Å². The van der Waals surface area contributed by atoms with Gasteiger partial charge in [0, 0.05) is 64.4 Å². The summed E-state index contributed by atoms with van der Waals surface area (Å²) in [6.45, 7) is 1.43. The van der Waals surface area contributed by atoms with Gasteiger partial charge in [-0.2, -0.15) is 11.8 Å². The minimum atomic E-state index is -1.25. The van der Waals surface area contributed by atoms with Crippen molar-refractivity contribution in [3.05, 3.63) is 71.8 Å². The zero-order valence-electron chi connectivity index (χ0n) is 43.5. The number of aliphatic carboxylic acids is 3. The smallest absolute Gasteiger partial charge is 0.327 e. The van der Waals surface area contributed by atoms with Crippen LogP contribution in [0.2, 0.25) is 0 Å². The van der Waals surface area contributed by atoms with Crippen LogP contribution >= 0.6 is 24.0 Å². The fourth-order valence-electron chi connectivity index (χ4n) is 7.96. The molecule has 21 nitrogen and oxygen atoms in total. The number of likely N-dealkylation sites (N-methyl/N-ethyl adjacent to an activating group) is 3.